The van der Waals surface area contributed by atoms with Crippen LogP contribution in [0.5, 0.6) is 6.01 Å². The molecule has 3 rings (SSSR count). The fourth-order valence-electron chi connectivity index (χ4n) is 3.26. The summed E-state index contributed by atoms with van der Waals surface area (Å²) in [5, 5.41) is 7.19. The van der Waals surface area contributed by atoms with E-state index in [1.165, 1.54) is 16.8 Å². The molecule has 3 aromatic rings. The average molecular weight is 491 g/mol. The van der Waals surface area contributed by atoms with Crippen molar-refractivity contribution in [2.24, 2.45) is 5.41 Å². The number of nitrogens with zero attached hydrogens (tertiary/aromatic N) is 3. The predicted molar refractivity (Wildman–Crippen MR) is 126 cm³/mol. The first-order valence-corrected chi connectivity index (χ1v) is 11.2. The Bertz CT molecular complexity index is 1140. The molecule has 0 spiro atoms. The molecule has 2 aromatic carbocycles. The van der Waals surface area contributed by atoms with Crippen LogP contribution in [0.25, 0.3) is 17.1 Å². The van der Waals surface area contributed by atoms with Gasteiger partial charge >= 0.3 is 12.2 Å². The highest BCUT2D eigenvalue weighted by Gasteiger charge is 2.31. The van der Waals surface area contributed by atoms with E-state index in [0.29, 0.717) is 31.0 Å². The summed E-state index contributed by atoms with van der Waals surface area (Å²) in [6.45, 7) is 8.83. The standard InChI is InChI=1S/C25H29F3N4O3/c1-5-34-13-14-35-23-30-22(17-7-6-8-18(15-17)25(26,27)28)32(31-23)20-11-9-19(10-12-20)29-21(33)16-24(2,3)4/h6-12,15H,5,13-14,16H2,1-4H3,(H,29,33). The second kappa shape index (κ2) is 10.9. The van der Waals surface area contributed by atoms with Gasteiger partial charge in [-0.25, -0.2) is 4.68 Å². The Morgan fingerprint density at radius 3 is 2.40 bits per heavy atom. The van der Waals surface area contributed by atoms with Crippen molar-refractivity contribution in [1.29, 1.82) is 0 Å². The number of anilines is 1. The summed E-state index contributed by atoms with van der Waals surface area (Å²) in [5.41, 5.74) is 0.425. The maximum Gasteiger partial charge on any atom is 0.416 e. The van der Waals surface area contributed by atoms with Gasteiger partial charge in [0.15, 0.2) is 5.82 Å². The Labute approximate surface area is 202 Å². The van der Waals surface area contributed by atoms with E-state index in [9.17, 15) is 18.0 Å². The molecule has 0 aliphatic carbocycles. The molecule has 188 valence electrons. The van der Waals surface area contributed by atoms with Crippen LogP contribution in [0.2, 0.25) is 0 Å². The maximum atomic E-state index is 13.3. The van der Waals surface area contributed by atoms with Crippen LogP contribution in [0.15, 0.2) is 48.5 Å². The number of carbonyl (C=O) groups is 1. The number of hydrogen-bond acceptors (Lipinski definition) is 5. The van der Waals surface area contributed by atoms with E-state index in [0.717, 1.165) is 12.1 Å². The van der Waals surface area contributed by atoms with Crippen molar-refractivity contribution >= 4 is 11.6 Å². The Balaban J connectivity index is 1.91. The number of rotatable bonds is 9. The summed E-state index contributed by atoms with van der Waals surface area (Å²) in [6, 6.07) is 11.7. The smallest absolute Gasteiger partial charge is 0.416 e. The molecule has 1 aromatic heterocycles. The van der Waals surface area contributed by atoms with Crippen molar-refractivity contribution in [1.82, 2.24) is 14.8 Å². The lowest BCUT2D eigenvalue weighted by Crippen LogP contribution is -2.19. The topological polar surface area (TPSA) is 78.3 Å². The summed E-state index contributed by atoms with van der Waals surface area (Å²) < 4.78 is 52.1. The second-order valence-electron chi connectivity index (χ2n) is 9.09. The molecule has 0 bridgehead atoms. The minimum Gasteiger partial charge on any atom is -0.460 e. The lowest BCUT2D eigenvalue weighted by Gasteiger charge is -2.17. The van der Waals surface area contributed by atoms with Gasteiger partial charge < -0.3 is 14.8 Å². The number of nitrogens with one attached hydrogen (secondary N) is 1. The van der Waals surface area contributed by atoms with Crippen LogP contribution in [0.3, 0.4) is 0 Å². The van der Waals surface area contributed by atoms with E-state index in [1.807, 2.05) is 27.7 Å². The molecule has 0 radical (unpaired) electrons. The van der Waals surface area contributed by atoms with Crippen molar-refractivity contribution in [2.45, 2.75) is 40.3 Å². The first-order valence-electron chi connectivity index (χ1n) is 11.2. The first kappa shape index (κ1) is 26.2. The molecule has 0 saturated carbocycles. The zero-order valence-electron chi connectivity index (χ0n) is 20.1. The SMILES string of the molecule is CCOCCOc1nc(-c2cccc(C(F)(F)F)c2)n(-c2ccc(NC(=O)CC(C)(C)C)cc2)n1. The highest BCUT2D eigenvalue weighted by molar-refractivity contribution is 5.91. The van der Waals surface area contributed by atoms with Crippen molar-refractivity contribution in [2.75, 3.05) is 25.1 Å². The molecule has 0 aliphatic rings. The van der Waals surface area contributed by atoms with E-state index < -0.39 is 11.7 Å². The van der Waals surface area contributed by atoms with Crippen molar-refractivity contribution < 1.29 is 27.4 Å². The number of hydrogen-bond donors (Lipinski definition) is 1. The average Bonchev–Trinajstić information content (AvgIpc) is 3.20. The van der Waals surface area contributed by atoms with Gasteiger partial charge in [-0.1, -0.05) is 32.9 Å². The number of ether oxygens (including phenoxy) is 2. The molecule has 0 unspecified atom stereocenters. The number of alkyl halides is 3. The fourth-order valence-corrected chi connectivity index (χ4v) is 3.26. The van der Waals surface area contributed by atoms with Crippen molar-refractivity contribution in [3.8, 4) is 23.1 Å². The molecule has 0 saturated heterocycles. The van der Waals surface area contributed by atoms with E-state index >= 15 is 0 Å². The maximum absolute atomic E-state index is 13.3. The lowest BCUT2D eigenvalue weighted by atomic mass is 9.92. The van der Waals surface area contributed by atoms with Crippen LogP contribution in [-0.2, 0) is 15.7 Å². The molecular formula is C25H29F3N4O3. The van der Waals surface area contributed by atoms with Crippen LogP contribution in [-0.4, -0.2) is 40.5 Å². The molecule has 35 heavy (non-hydrogen) atoms. The Morgan fingerprint density at radius 2 is 1.77 bits per heavy atom. The fraction of sp³-hybridized carbons (Fsp3) is 0.400. The lowest BCUT2D eigenvalue weighted by molar-refractivity contribution is -0.137. The van der Waals surface area contributed by atoms with Gasteiger partial charge in [0.1, 0.15) is 6.61 Å². The van der Waals surface area contributed by atoms with Gasteiger partial charge in [-0.2, -0.15) is 18.2 Å². The van der Waals surface area contributed by atoms with E-state index in [4.69, 9.17) is 9.47 Å². The predicted octanol–water partition coefficient (Wildman–Crippen LogP) is 5.74. The van der Waals surface area contributed by atoms with E-state index in [-0.39, 0.29) is 35.3 Å². The summed E-state index contributed by atoms with van der Waals surface area (Å²) in [4.78, 5) is 16.6. The van der Waals surface area contributed by atoms with Gasteiger partial charge in [0, 0.05) is 24.3 Å². The molecule has 1 heterocycles. The minimum absolute atomic E-state index is 0.0136. The summed E-state index contributed by atoms with van der Waals surface area (Å²) in [7, 11) is 0. The normalized spacial score (nSPS) is 12.0. The van der Waals surface area contributed by atoms with Gasteiger partial charge in [-0.05, 0) is 48.7 Å². The van der Waals surface area contributed by atoms with Gasteiger partial charge in [-0.15, -0.1) is 5.10 Å². The van der Waals surface area contributed by atoms with Crippen molar-refractivity contribution in [3.05, 3.63) is 54.1 Å². The van der Waals surface area contributed by atoms with Gasteiger partial charge in [-0.3, -0.25) is 4.79 Å². The molecular weight excluding hydrogens is 461 g/mol. The monoisotopic (exact) mass is 490 g/mol. The van der Waals surface area contributed by atoms with E-state index in [1.54, 1.807) is 24.3 Å². The van der Waals surface area contributed by atoms with Crippen LogP contribution < -0.4 is 10.1 Å². The molecule has 0 atom stereocenters. The third-order valence-electron chi connectivity index (χ3n) is 4.79. The second-order valence-corrected chi connectivity index (χ2v) is 9.09. The molecule has 1 amide bonds. The Morgan fingerprint density at radius 1 is 1.06 bits per heavy atom. The van der Waals surface area contributed by atoms with Crippen LogP contribution in [0, 0.1) is 5.41 Å². The molecule has 1 N–H and O–H groups in total. The molecule has 7 nitrogen and oxygen atoms in total. The van der Waals surface area contributed by atoms with Crippen molar-refractivity contribution in [3.63, 3.8) is 0 Å². The number of carbonyl (C=O) groups excluding carboxylic acids is 1. The highest BCUT2D eigenvalue weighted by Crippen LogP contribution is 2.33. The first-order chi connectivity index (χ1) is 16.5. The highest BCUT2D eigenvalue weighted by atomic mass is 19.4. The number of halogens is 3. The molecule has 0 fully saturated rings. The third kappa shape index (κ3) is 7.54. The summed E-state index contributed by atoms with van der Waals surface area (Å²) in [6.07, 6.45) is -4.13. The van der Waals surface area contributed by atoms with Gasteiger partial charge in [0.25, 0.3) is 0 Å². The number of amides is 1. The van der Waals surface area contributed by atoms with Gasteiger partial charge in [0.05, 0.1) is 17.9 Å². The van der Waals surface area contributed by atoms with Crippen LogP contribution in [0.4, 0.5) is 18.9 Å². The summed E-state index contributed by atoms with van der Waals surface area (Å²) >= 11 is 0. The zero-order valence-corrected chi connectivity index (χ0v) is 20.1. The summed E-state index contributed by atoms with van der Waals surface area (Å²) in [5.74, 6) is 0.0765. The number of benzene rings is 2. The molecule has 0 aliphatic heterocycles. The van der Waals surface area contributed by atoms with Crippen LogP contribution >= 0.6 is 0 Å². The quantitative estimate of drug-likeness (QED) is 0.387. The van der Waals surface area contributed by atoms with Gasteiger partial charge in [0.2, 0.25) is 5.91 Å². The third-order valence-corrected chi connectivity index (χ3v) is 4.79. The minimum atomic E-state index is -4.50. The largest absolute Gasteiger partial charge is 0.460 e. The Hall–Kier alpha value is -3.40. The number of aromatic nitrogens is 3. The Kier molecular flexibility index (Phi) is 8.16. The van der Waals surface area contributed by atoms with E-state index in [2.05, 4.69) is 15.4 Å². The van der Waals surface area contributed by atoms with Crippen LogP contribution in [0.1, 0.15) is 39.7 Å². The zero-order chi connectivity index (χ0) is 25.6. The molecule has 10 heteroatoms.